The normalized spacial score (nSPS) is 11.4. The lowest BCUT2D eigenvalue weighted by molar-refractivity contribution is 1.14. The number of benzene rings is 11. The molecule has 0 amide bonds. The molecule has 0 saturated carbocycles. The van der Waals surface area contributed by atoms with Crippen molar-refractivity contribution in [2.75, 3.05) is 9.80 Å². The van der Waals surface area contributed by atoms with E-state index in [1.54, 1.807) is 0 Å². The maximum atomic E-state index is 2.44. The molecular weight excluding hydrogens is 849 g/mol. The van der Waals surface area contributed by atoms with Gasteiger partial charge in [-0.1, -0.05) is 158 Å². The Bertz CT molecular complexity index is 3620. The van der Waals surface area contributed by atoms with Gasteiger partial charge in [0.2, 0.25) is 0 Å². The smallest absolute Gasteiger partial charge is 0.0561 e. The molecule has 0 bridgehead atoms. The Morgan fingerprint density at radius 3 is 0.843 bits per heavy atom. The lowest BCUT2D eigenvalue weighted by Crippen LogP contribution is -2.09. The zero-order valence-electron chi connectivity index (χ0n) is 38.3. The molecule has 0 radical (unpaired) electrons. The van der Waals surface area contributed by atoms with Gasteiger partial charge in [0.25, 0.3) is 0 Å². The monoisotopic (exact) mass is 894 g/mol. The first-order chi connectivity index (χ1) is 34.7. The number of hydrogen-bond acceptors (Lipinski definition) is 2. The highest BCUT2D eigenvalue weighted by atomic mass is 15.2. The highest BCUT2D eigenvalue weighted by Gasteiger charge is 2.21. The number of rotatable bonds is 10. The molecule has 13 aromatic rings. The van der Waals surface area contributed by atoms with E-state index in [2.05, 4.69) is 298 Å². The molecule has 4 nitrogen and oxygen atoms in total. The molecule has 4 heteroatoms. The zero-order valence-corrected chi connectivity index (χ0v) is 38.3. The largest absolute Gasteiger partial charge is 0.310 e. The molecule has 0 spiro atoms. The van der Waals surface area contributed by atoms with Gasteiger partial charge in [-0.05, 0) is 144 Å². The van der Waals surface area contributed by atoms with Gasteiger partial charge in [0.1, 0.15) is 0 Å². The van der Waals surface area contributed by atoms with Gasteiger partial charge in [-0.2, -0.15) is 0 Å². The maximum Gasteiger partial charge on any atom is 0.0561 e. The summed E-state index contributed by atoms with van der Waals surface area (Å²) >= 11 is 0. The van der Waals surface area contributed by atoms with E-state index in [-0.39, 0.29) is 0 Å². The number of hydrogen-bond donors (Lipinski definition) is 0. The second kappa shape index (κ2) is 17.4. The van der Waals surface area contributed by atoms with Crippen LogP contribution in [-0.2, 0) is 0 Å². The lowest BCUT2D eigenvalue weighted by atomic mass is 10.0. The van der Waals surface area contributed by atoms with Crippen LogP contribution < -0.4 is 9.80 Å². The van der Waals surface area contributed by atoms with Crippen molar-refractivity contribution in [2.45, 2.75) is 0 Å². The molecule has 0 fully saturated rings. The first-order valence-electron chi connectivity index (χ1n) is 23.9. The number of para-hydroxylation sites is 4. The second-order valence-electron chi connectivity index (χ2n) is 17.8. The van der Waals surface area contributed by atoms with Gasteiger partial charge in [0.15, 0.2) is 0 Å². The summed E-state index contributed by atoms with van der Waals surface area (Å²) in [5.74, 6) is 0. The van der Waals surface area contributed by atoms with E-state index < -0.39 is 0 Å². The maximum absolute atomic E-state index is 2.44. The van der Waals surface area contributed by atoms with Crippen molar-refractivity contribution in [3.8, 4) is 33.6 Å². The summed E-state index contributed by atoms with van der Waals surface area (Å²) in [5.41, 5.74) is 18.1. The Morgan fingerprint density at radius 1 is 0.200 bits per heavy atom. The van der Waals surface area contributed by atoms with Crippen molar-refractivity contribution in [3.05, 3.63) is 279 Å². The summed E-state index contributed by atoms with van der Waals surface area (Å²) in [7, 11) is 0. The van der Waals surface area contributed by atoms with Crippen LogP contribution in [0.4, 0.5) is 34.1 Å². The van der Waals surface area contributed by atoms with E-state index >= 15 is 0 Å². The Hall–Kier alpha value is -9.38. The molecular formula is C66H46N4. The average molecular weight is 895 g/mol. The molecule has 11 aromatic carbocycles. The molecule has 13 rings (SSSR count). The molecule has 70 heavy (non-hydrogen) atoms. The molecule has 0 aliphatic carbocycles. The zero-order chi connectivity index (χ0) is 46.4. The van der Waals surface area contributed by atoms with Gasteiger partial charge in [0.05, 0.1) is 22.1 Å². The highest BCUT2D eigenvalue weighted by molar-refractivity contribution is 6.13. The first kappa shape index (κ1) is 40.9. The summed E-state index contributed by atoms with van der Waals surface area (Å²) in [6, 6.07) is 101. The quantitative estimate of drug-likeness (QED) is 0.136. The van der Waals surface area contributed by atoms with Gasteiger partial charge in [0, 0.05) is 67.0 Å². The van der Waals surface area contributed by atoms with E-state index in [9.17, 15) is 0 Å². The summed E-state index contributed by atoms with van der Waals surface area (Å²) in [6.07, 6.45) is 0. The van der Waals surface area contributed by atoms with Crippen LogP contribution in [0.5, 0.6) is 0 Å². The Morgan fingerprint density at radius 2 is 0.514 bits per heavy atom. The molecule has 0 unspecified atom stereocenters. The number of nitrogens with zero attached hydrogens (tertiary/aromatic N) is 4. The summed E-state index contributed by atoms with van der Waals surface area (Å²) in [4.78, 5) is 4.69. The van der Waals surface area contributed by atoms with E-state index in [1.165, 1.54) is 43.8 Å². The summed E-state index contributed by atoms with van der Waals surface area (Å²) in [5, 5.41) is 4.83. The van der Waals surface area contributed by atoms with Crippen molar-refractivity contribution >= 4 is 77.7 Å². The van der Waals surface area contributed by atoms with Crippen LogP contribution in [0.15, 0.2) is 279 Å². The van der Waals surface area contributed by atoms with Crippen LogP contribution in [0.25, 0.3) is 77.2 Å². The highest BCUT2D eigenvalue weighted by Crippen LogP contribution is 2.43. The average Bonchev–Trinajstić information content (AvgIpc) is 3.94. The van der Waals surface area contributed by atoms with Crippen molar-refractivity contribution in [1.29, 1.82) is 0 Å². The fourth-order valence-electron chi connectivity index (χ4n) is 10.4. The van der Waals surface area contributed by atoms with Gasteiger partial charge < -0.3 is 18.9 Å². The molecule has 0 saturated heterocycles. The van der Waals surface area contributed by atoms with Crippen molar-refractivity contribution in [1.82, 2.24) is 9.13 Å². The SMILES string of the molecule is c1ccc(-c2ccc3c(c2)c2ccc(N(c4ccccc4)c4ccccc4)cc2n3-c2ccc(-n3c4ccc(-c5ccccc5)cc4c4ccc(N(c5ccccc5)c5ccccc5)cc43)cc2)cc1. The summed E-state index contributed by atoms with van der Waals surface area (Å²) < 4.78 is 4.88. The summed E-state index contributed by atoms with van der Waals surface area (Å²) in [6.45, 7) is 0. The minimum atomic E-state index is 1.09. The number of aromatic nitrogens is 2. The molecule has 0 aliphatic heterocycles. The Labute approximate surface area is 407 Å². The molecule has 0 aliphatic rings. The third-order valence-electron chi connectivity index (χ3n) is 13.7. The predicted octanol–water partition coefficient (Wildman–Crippen LogP) is 18.2. The van der Waals surface area contributed by atoms with E-state index in [0.717, 1.165) is 67.6 Å². The lowest BCUT2D eigenvalue weighted by Gasteiger charge is -2.25. The van der Waals surface area contributed by atoms with Crippen LogP contribution >= 0.6 is 0 Å². The van der Waals surface area contributed by atoms with Crippen LogP contribution in [0.3, 0.4) is 0 Å². The molecule has 0 atom stereocenters. The minimum Gasteiger partial charge on any atom is -0.310 e. The van der Waals surface area contributed by atoms with Crippen molar-refractivity contribution in [3.63, 3.8) is 0 Å². The fourth-order valence-corrected chi connectivity index (χ4v) is 10.4. The third kappa shape index (κ3) is 7.18. The topological polar surface area (TPSA) is 16.3 Å². The van der Waals surface area contributed by atoms with Gasteiger partial charge >= 0.3 is 0 Å². The number of anilines is 6. The van der Waals surface area contributed by atoms with Gasteiger partial charge in [-0.3, -0.25) is 0 Å². The molecule has 330 valence electrons. The Balaban J connectivity index is 1.00. The molecule has 2 heterocycles. The van der Waals surface area contributed by atoms with Gasteiger partial charge in [-0.15, -0.1) is 0 Å². The van der Waals surface area contributed by atoms with Crippen molar-refractivity contribution in [2.24, 2.45) is 0 Å². The van der Waals surface area contributed by atoms with Gasteiger partial charge in [-0.25, -0.2) is 0 Å². The third-order valence-corrected chi connectivity index (χ3v) is 13.7. The Kier molecular flexibility index (Phi) is 10.1. The van der Waals surface area contributed by atoms with E-state index in [1.807, 2.05) is 0 Å². The van der Waals surface area contributed by atoms with Crippen molar-refractivity contribution < 1.29 is 0 Å². The first-order valence-corrected chi connectivity index (χ1v) is 23.9. The van der Waals surface area contributed by atoms with E-state index in [4.69, 9.17) is 0 Å². The van der Waals surface area contributed by atoms with Crippen LogP contribution in [0.2, 0.25) is 0 Å². The number of fused-ring (bicyclic) bond motifs is 6. The standard InChI is InChI=1S/C66H46N4/c1-7-19-47(20-8-1)49-31-41-63-61(43-49)59-39-37-57(67(51-23-11-3-12-24-51)52-25-13-4-14-26-52)45-65(59)69(63)55-33-35-56(36-34-55)70-64-42-32-50(48-21-9-2-10-22-48)44-62(64)60-40-38-58(46-66(60)70)68(53-27-15-5-16-28-53)54-29-17-6-18-30-54/h1-46H. The van der Waals surface area contributed by atoms with Crippen LogP contribution in [0.1, 0.15) is 0 Å². The van der Waals surface area contributed by atoms with E-state index in [0.29, 0.717) is 0 Å². The minimum absolute atomic E-state index is 1.09. The van der Waals surface area contributed by atoms with Crippen LogP contribution in [-0.4, -0.2) is 9.13 Å². The predicted molar refractivity (Wildman–Crippen MR) is 295 cm³/mol. The fraction of sp³-hybridized carbons (Fsp3) is 0. The molecule has 2 aromatic heterocycles. The molecule has 0 N–H and O–H groups in total. The second-order valence-corrected chi connectivity index (χ2v) is 17.8. The van der Waals surface area contributed by atoms with Crippen LogP contribution in [0, 0.1) is 0 Å².